The van der Waals surface area contributed by atoms with Gasteiger partial charge in [0.05, 0.1) is 10.4 Å². The molecule has 3 aromatic rings. The van der Waals surface area contributed by atoms with Gasteiger partial charge in [-0.3, -0.25) is 4.79 Å². The minimum Gasteiger partial charge on any atom is -0.505 e. The Balaban J connectivity index is 0.000000174. The van der Waals surface area contributed by atoms with Crippen molar-refractivity contribution in [2.75, 3.05) is 0 Å². The summed E-state index contributed by atoms with van der Waals surface area (Å²) in [5.41, 5.74) is 4.61. The summed E-state index contributed by atoms with van der Waals surface area (Å²) in [6, 6.07) is 3.39. The van der Waals surface area contributed by atoms with Gasteiger partial charge >= 0.3 is 0 Å². The smallest absolute Gasteiger partial charge is 0.254 e. The normalized spacial score (nSPS) is 10.3. The SMILES string of the molecule is Clc1cnc2sc(CBr)nc2c1.NC(=O)c1c(F)ccc(O)c1F. The number of nitrogens with zero attached hydrogens (tertiary/aromatic N) is 2. The van der Waals surface area contributed by atoms with E-state index in [0.29, 0.717) is 5.02 Å². The molecule has 0 fully saturated rings. The fraction of sp³-hybridized carbons (Fsp3) is 0.0714. The van der Waals surface area contributed by atoms with Gasteiger partial charge in [0.2, 0.25) is 0 Å². The van der Waals surface area contributed by atoms with Crippen molar-refractivity contribution in [1.29, 1.82) is 0 Å². The molecule has 126 valence electrons. The summed E-state index contributed by atoms with van der Waals surface area (Å²) < 4.78 is 25.4. The van der Waals surface area contributed by atoms with Gasteiger partial charge < -0.3 is 10.8 Å². The lowest BCUT2D eigenvalue weighted by Gasteiger charge is -2.00. The zero-order valence-electron chi connectivity index (χ0n) is 11.8. The fourth-order valence-corrected chi connectivity index (χ4v) is 3.03. The minimum atomic E-state index is -1.33. The summed E-state index contributed by atoms with van der Waals surface area (Å²) in [7, 11) is 0. The number of thiazole rings is 1. The molecule has 0 spiro atoms. The fourth-order valence-electron chi connectivity index (χ4n) is 1.67. The molecule has 3 N–H and O–H groups in total. The van der Waals surface area contributed by atoms with E-state index in [9.17, 15) is 13.6 Å². The molecule has 0 aliphatic rings. The van der Waals surface area contributed by atoms with Crippen molar-refractivity contribution in [1.82, 2.24) is 9.97 Å². The lowest BCUT2D eigenvalue weighted by molar-refractivity contribution is 0.0991. The molecule has 0 aliphatic carbocycles. The molecule has 0 saturated heterocycles. The Bertz CT molecular complexity index is 907. The predicted molar refractivity (Wildman–Crippen MR) is 91.6 cm³/mol. The van der Waals surface area contributed by atoms with E-state index in [-0.39, 0.29) is 0 Å². The first-order valence-electron chi connectivity index (χ1n) is 6.27. The first kappa shape index (κ1) is 18.5. The molecule has 1 aromatic carbocycles. The van der Waals surface area contributed by atoms with Crippen LogP contribution in [0.25, 0.3) is 10.3 Å². The molecule has 2 aromatic heterocycles. The molecule has 24 heavy (non-hydrogen) atoms. The van der Waals surface area contributed by atoms with Crippen molar-refractivity contribution in [3.63, 3.8) is 0 Å². The van der Waals surface area contributed by atoms with Crippen LogP contribution in [0.2, 0.25) is 5.02 Å². The van der Waals surface area contributed by atoms with Crippen LogP contribution in [0.1, 0.15) is 15.4 Å². The Labute approximate surface area is 152 Å². The molecule has 0 saturated carbocycles. The second-order valence-corrected chi connectivity index (χ2v) is 6.40. The van der Waals surface area contributed by atoms with Crippen LogP contribution in [0.4, 0.5) is 8.78 Å². The maximum absolute atomic E-state index is 12.7. The first-order valence-corrected chi connectivity index (χ1v) is 8.58. The van der Waals surface area contributed by atoms with Crippen LogP contribution in [0.15, 0.2) is 24.4 Å². The van der Waals surface area contributed by atoms with Crippen molar-refractivity contribution in [3.8, 4) is 5.75 Å². The number of alkyl halides is 1. The number of amides is 1. The van der Waals surface area contributed by atoms with Crippen molar-refractivity contribution >= 4 is 55.1 Å². The number of aromatic nitrogens is 2. The van der Waals surface area contributed by atoms with Gasteiger partial charge in [-0.15, -0.1) is 0 Å². The van der Waals surface area contributed by atoms with Crippen LogP contribution >= 0.6 is 38.9 Å². The third-order valence-electron chi connectivity index (χ3n) is 2.69. The summed E-state index contributed by atoms with van der Waals surface area (Å²) in [6.07, 6.45) is 1.64. The van der Waals surface area contributed by atoms with Gasteiger partial charge in [-0.25, -0.2) is 18.7 Å². The summed E-state index contributed by atoms with van der Waals surface area (Å²) in [5.74, 6) is -4.47. The van der Waals surface area contributed by atoms with Crippen molar-refractivity contribution in [2.45, 2.75) is 5.33 Å². The second-order valence-electron chi connectivity index (χ2n) is 4.34. The molecular formula is C14H9BrClF2N3O2S. The lowest BCUT2D eigenvalue weighted by Crippen LogP contribution is -2.15. The number of hydrogen-bond donors (Lipinski definition) is 2. The second kappa shape index (κ2) is 7.82. The van der Waals surface area contributed by atoms with E-state index in [1.165, 1.54) is 0 Å². The van der Waals surface area contributed by atoms with Crippen molar-refractivity contribution < 1.29 is 18.7 Å². The number of hydrogen-bond acceptors (Lipinski definition) is 5. The molecule has 2 heterocycles. The number of carbonyl (C=O) groups is 1. The van der Waals surface area contributed by atoms with Crippen LogP contribution in [0.3, 0.4) is 0 Å². The Morgan fingerprint density at radius 1 is 1.42 bits per heavy atom. The highest BCUT2D eigenvalue weighted by atomic mass is 79.9. The average molecular weight is 437 g/mol. The number of benzene rings is 1. The van der Waals surface area contributed by atoms with Gasteiger partial charge in [-0.05, 0) is 18.2 Å². The number of carbonyl (C=O) groups excluding carboxylic acids is 1. The standard InChI is InChI=1S/C7H4BrClN2S.C7H5F2NO2/c8-2-6-11-5-1-4(9)3-10-7(5)12-6;8-3-1-2-4(11)6(9)5(3)7(10)12/h1,3H,2H2;1-2,11H,(H2,10,12). The number of phenols is 1. The van der Waals surface area contributed by atoms with E-state index in [2.05, 4.69) is 31.6 Å². The number of halogens is 4. The molecule has 5 nitrogen and oxygen atoms in total. The zero-order chi connectivity index (χ0) is 17.9. The maximum Gasteiger partial charge on any atom is 0.254 e. The van der Waals surface area contributed by atoms with E-state index in [1.54, 1.807) is 17.5 Å². The molecule has 0 aliphatic heterocycles. The number of phenolic OH excluding ortho intramolecular Hbond substituents is 1. The van der Waals surface area contributed by atoms with Gasteiger partial charge in [0, 0.05) is 6.20 Å². The average Bonchev–Trinajstić information content (AvgIpc) is 2.94. The van der Waals surface area contributed by atoms with E-state index in [0.717, 1.165) is 32.8 Å². The highest BCUT2D eigenvalue weighted by Crippen LogP contribution is 2.23. The number of pyridine rings is 1. The number of fused-ring (bicyclic) bond motifs is 1. The topological polar surface area (TPSA) is 89.1 Å². The first-order chi connectivity index (χ1) is 11.3. The third kappa shape index (κ3) is 4.16. The lowest BCUT2D eigenvalue weighted by atomic mass is 10.2. The van der Waals surface area contributed by atoms with Crippen LogP contribution in [-0.2, 0) is 5.33 Å². The minimum absolute atomic E-state index is 0.633. The highest BCUT2D eigenvalue weighted by molar-refractivity contribution is 9.08. The molecular weight excluding hydrogens is 428 g/mol. The maximum atomic E-state index is 12.7. The molecule has 10 heteroatoms. The predicted octanol–water partition coefficient (Wildman–Crippen LogP) is 4.01. The summed E-state index contributed by atoms with van der Waals surface area (Å²) in [5, 5.41) is 11.2. The van der Waals surface area contributed by atoms with Crippen molar-refractivity contribution in [3.05, 3.63) is 51.6 Å². The van der Waals surface area contributed by atoms with E-state index in [1.807, 2.05) is 6.07 Å². The Morgan fingerprint density at radius 3 is 2.71 bits per heavy atom. The molecule has 1 amide bonds. The highest BCUT2D eigenvalue weighted by Gasteiger charge is 2.17. The largest absolute Gasteiger partial charge is 0.505 e. The van der Waals surface area contributed by atoms with Crippen molar-refractivity contribution in [2.24, 2.45) is 5.73 Å². The molecule has 3 rings (SSSR count). The van der Waals surface area contributed by atoms with Gasteiger partial charge in [-0.2, -0.15) is 0 Å². The van der Waals surface area contributed by atoms with Crippen LogP contribution in [0.5, 0.6) is 5.75 Å². The molecule has 0 atom stereocenters. The van der Waals surface area contributed by atoms with Gasteiger partial charge in [0.15, 0.2) is 11.6 Å². The number of primary amides is 1. The van der Waals surface area contributed by atoms with E-state index in [4.69, 9.17) is 16.7 Å². The molecule has 0 unspecified atom stereocenters. The van der Waals surface area contributed by atoms with Crippen LogP contribution in [-0.4, -0.2) is 21.0 Å². The summed E-state index contributed by atoms with van der Waals surface area (Å²) in [4.78, 5) is 19.8. The Morgan fingerprint density at radius 2 is 2.12 bits per heavy atom. The monoisotopic (exact) mass is 435 g/mol. The van der Waals surface area contributed by atoms with Gasteiger partial charge in [-0.1, -0.05) is 38.9 Å². The quantitative estimate of drug-likeness (QED) is 0.594. The van der Waals surface area contributed by atoms with E-state index >= 15 is 0 Å². The Hall–Kier alpha value is -1.84. The Kier molecular flexibility index (Phi) is 6.03. The van der Waals surface area contributed by atoms with E-state index < -0.39 is 28.9 Å². The zero-order valence-corrected chi connectivity index (χ0v) is 14.9. The van der Waals surface area contributed by atoms with Crippen LogP contribution in [0, 0.1) is 11.6 Å². The summed E-state index contributed by atoms with van der Waals surface area (Å²) in [6.45, 7) is 0. The molecule has 0 radical (unpaired) electrons. The van der Waals surface area contributed by atoms with Crippen LogP contribution < -0.4 is 5.73 Å². The third-order valence-corrected chi connectivity index (χ3v) is 4.78. The number of rotatable bonds is 2. The van der Waals surface area contributed by atoms with Gasteiger partial charge in [0.25, 0.3) is 5.91 Å². The number of aromatic hydroxyl groups is 1. The number of nitrogens with two attached hydrogens (primary N) is 1. The summed E-state index contributed by atoms with van der Waals surface area (Å²) >= 11 is 10.7. The van der Waals surface area contributed by atoms with Gasteiger partial charge in [0.1, 0.15) is 26.7 Å². The molecule has 0 bridgehead atoms.